The quantitative estimate of drug-likeness (QED) is 0.377. The molecule has 0 atom stereocenters. The first-order valence-corrected chi connectivity index (χ1v) is 13.2. The number of rotatable bonds is 7. The van der Waals surface area contributed by atoms with Crippen molar-refractivity contribution in [1.82, 2.24) is 25.2 Å². The van der Waals surface area contributed by atoms with Gasteiger partial charge in [-0.2, -0.15) is 0 Å². The van der Waals surface area contributed by atoms with Gasteiger partial charge in [-0.05, 0) is 57.0 Å². The van der Waals surface area contributed by atoms with Gasteiger partial charge in [0.25, 0.3) is 17.4 Å². The van der Waals surface area contributed by atoms with Gasteiger partial charge < -0.3 is 19.9 Å². The Bertz CT molecular complexity index is 1570. The minimum Gasteiger partial charge on any atom is -0.494 e. The van der Waals surface area contributed by atoms with Crippen LogP contribution in [0.5, 0.6) is 5.75 Å². The van der Waals surface area contributed by atoms with Crippen LogP contribution in [0.2, 0.25) is 0 Å². The molecule has 2 aromatic carbocycles. The molecule has 0 saturated carbocycles. The van der Waals surface area contributed by atoms with Gasteiger partial charge in [0.05, 0.1) is 28.9 Å². The molecule has 1 aliphatic heterocycles. The summed E-state index contributed by atoms with van der Waals surface area (Å²) in [4.78, 5) is 52.5. The highest BCUT2D eigenvalue weighted by molar-refractivity contribution is 5.96. The van der Waals surface area contributed by atoms with E-state index in [0.717, 1.165) is 22.7 Å². The Morgan fingerprint density at radius 1 is 1.03 bits per heavy atom. The maximum Gasteiger partial charge on any atom is 0.280 e. The van der Waals surface area contributed by atoms with E-state index in [4.69, 9.17) is 9.72 Å². The van der Waals surface area contributed by atoms with Gasteiger partial charge in [-0.25, -0.2) is 4.98 Å². The van der Waals surface area contributed by atoms with Gasteiger partial charge in [0, 0.05) is 36.8 Å². The molecule has 1 fully saturated rings. The standard InChI is InChI=1S/C30H31N5O4/c1-3-39-25-11-7-4-8-21(25)18-31-28(36)22-13-12-19(2)32-26(22)20-14-16-35(17-15-20)30(38)27-29(37)34-24-10-6-5-9-23(24)33-27/h4-13,20H,3,14-18H2,1-2H3,(H,31,36)(H,34,37). The second-order valence-electron chi connectivity index (χ2n) is 9.61. The highest BCUT2D eigenvalue weighted by atomic mass is 16.5. The molecule has 0 aliphatic carbocycles. The molecule has 2 amide bonds. The van der Waals surface area contributed by atoms with Crippen LogP contribution in [-0.2, 0) is 6.54 Å². The van der Waals surface area contributed by atoms with Crippen molar-refractivity contribution >= 4 is 22.8 Å². The largest absolute Gasteiger partial charge is 0.494 e. The van der Waals surface area contributed by atoms with Crippen LogP contribution in [0.4, 0.5) is 0 Å². The van der Waals surface area contributed by atoms with Gasteiger partial charge in [0.1, 0.15) is 5.75 Å². The molecule has 0 bridgehead atoms. The Hall–Kier alpha value is -4.53. The topological polar surface area (TPSA) is 117 Å². The number of H-pyrrole nitrogens is 1. The van der Waals surface area contributed by atoms with E-state index in [9.17, 15) is 14.4 Å². The molecular weight excluding hydrogens is 494 g/mol. The molecule has 1 saturated heterocycles. The molecule has 9 nitrogen and oxygen atoms in total. The normalized spacial score (nSPS) is 13.8. The number of nitrogens with one attached hydrogen (secondary N) is 2. The number of hydrogen-bond donors (Lipinski definition) is 2. The lowest BCUT2D eigenvalue weighted by Gasteiger charge is -2.32. The summed E-state index contributed by atoms with van der Waals surface area (Å²) in [5.74, 6) is 0.172. The zero-order chi connectivity index (χ0) is 27.4. The number of likely N-dealkylation sites (tertiary alicyclic amines) is 1. The predicted octanol–water partition coefficient (Wildman–Crippen LogP) is 3.98. The van der Waals surface area contributed by atoms with E-state index in [1.54, 1.807) is 23.1 Å². The van der Waals surface area contributed by atoms with Gasteiger partial charge in [0.15, 0.2) is 5.69 Å². The average Bonchev–Trinajstić information content (AvgIpc) is 2.96. The molecule has 5 rings (SSSR count). The second kappa shape index (κ2) is 11.5. The molecule has 0 spiro atoms. The maximum atomic E-state index is 13.3. The van der Waals surface area contributed by atoms with Gasteiger partial charge >= 0.3 is 0 Å². The van der Waals surface area contributed by atoms with Crippen LogP contribution in [0, 0.1) is 6.92 Å². The lowest BCUT2D eigenvalue weighted by atomic mass is 9.89. The molecule has 4 aromatic rings. The van der Waals surface area contributed by atoms with Gasteiger partial charge in [-0.3, -0.25) is 19.4 Å². The summed E-state index contributed by atoms with van der Waals surface area (Å²) in [6.07, 6.45) is 1.25. The van der Waals surface area contributed by atoms with Crippen molar-refractivity contribution in [3.63, 3.8) is 0 Å². The fourth-order valence-corrected chi connectivity index (χ4v) is 4.98. The van der Waals surface area contributed by atoms with Crippen molar-refractivity contribution in [1.29, 1.82) is 0 Å². The smallest absolute Gasteiger partial charge is 0.280 e. The number of carbonyl (C=O) groups is 2. The number of aromatic nitrogens is 3. The van der Waals surface area contributed by atoms with Crippen LogP contribution in [0.15, 0.2) is 65.5 Å². The van der Waals surface area contributed by atoms with Crippen LogP contribution in [0.25, 0.3) is 11.0 Å². The maximum absolute atomic E-state index is 13.3. The van der Waals surface area contributed by atoms with Crippen LogP contribution in [0.3, 0.4) is 0 Å². The zero-order valence-electron chi connectivity index (χ0n) is 22.1. The molecule has 2 N–H and O–H groups in total. The summed E-state index contributed by atoms with van der Waals surface area (Å²) >= 11 is 0. The fraction of sp³-hybridized carbons (Fsp3) is 0.300. The number of aromatic amines is 1. The Labute approximate surface area is 226 Å². The van der Waals surface area contributed by atoms with E-state index in [-0.39, 0.29) is 23.4 Å². The van der Waals surface area contributed by atoms with Crippen molar-refractivity contribution < 1.29 is 14.3 Å². The summed E-state index contributed by atoms with van der Waals surface area (Å²) in [6, 6.07) is 18.4. The molecular formula is C30H31N5O4. The van der Waals surface area contributed by atoms with E-state index in [0.29, 0.717) is 55.7 Å². The molecule has 200 valence electrons. The Balaban J connectivity index is 1.29. The first-order chi connectivity index (χ1) is 18.9. The number of benzene rings is 2. The first kappa shape index (κ1) is 26.1. The Kier molecular flexibility index (Phi) is 7.67. The fourth-order valence-electron chi connectivity index (χ4n) is 4.98. The third kappa shape index (κ3) is 5.67. The van der Waals surface area contributed by atoms with E-state index in [1.165, 1.54) is 0 Å². The third-order valence-electron chi connectivity index (χ3n) is 6.99. The number of fused-ring (bicyclic) bond motifs is 1. The molecule has 3 heterocycles. The lowest BCUT2D eigenvalue weighted by molar-refractivity contribution is 0.0703. The summed E-state index contributed by atoms with van der Waals surface area (Å²) in [5, 5.41) is 3.01. The van der Waals surface area contributed by atoms with Gasteiger partial charge in [-0.15, -0.1) is 0 Å². The minimum absolute atomic E-state index is 0.00765. The summed E-state index contributed by atoms with van der Waals surface area (Å²) < 4.78 is 5.68. The van der Waals surface area contributed by atoms with Crippen molar-refractivity contribution in [2.75, 3.05) is 19.7 Å². The molecule has 0 unspecified atom stereocenters. The number of piperidine rings is 1. The van der Waals surface area contributed by atoms with Crippen LogP contribution < -0.4 is 15.6 Å². The third-order valence-corrected chi connectivity index (χ3v) is 6.99. The molecule has 0 radical (unpaired) electrons. The first-order valence-electron chi connectivity index (χ1n) is 13.2. The van der Waals surface area contributed by atoms with Crippen molar-refractivity contribution in [3.8, 4) is 5.75 Å². The molecule has 2 aromatic heterocycles. The van der Waals surface area contributed by atoms with Gasteiger partial charge in [-0.1, -0.05) is 30.3 Å². The van der Waals surface area contributed by atoms with Crippen LogP contribution in [0.1, 0.15) is 63.5 Å². The minimum atomic E-state index is -0.494. The lowest BCUT2D eigenvalue weighted by Crippen LogP contribution is -2.41. The van der Waals surface area contributed by atoms with Gasteiger partial charge in [0.2, 0.25) is 0 Å². The zero-order valence-corrected chi connectivity index (χ0v) is 22.1. The molecule has 39 heavy (non-hydrogen) atoms. The number of nitrogens with zero attached hydrogens (tertiary/aromatic N) is 3. The van der Waals surface area contributed by atoms with Crippen molar-refractivity contribution in [2.24, 2.45) is 0 Å². The highest BCUT2D eigenvalue weighted by Crippen LogP contribution is 2.30. The second-order valence-corrected chi connectivity index (χ2v) is 9.61. The number of amides is 2. The van der Waals surface area contributed by atoms with Crippen molar-refractivity contribution in [2.45, 2.75) is 39.2 Å². The number of hydrogen-bond acceptors (Lipinski definition) is 6. The van der Waals surface area contributed by atoms with Crippen molar-refractivity contribution in [3.05, 3.63) is 99.2 Å². The highest BCUT2D eigenvalue weighted by Gasteiger charge is 2.30. The number of para-hydroxylation sites is 3. The summed E-state index contributed by atoms with van der Waals surface area (Å²) in [6.45, 7) is 5.59. The number of aryl methyl sites for hydroxylation is 1. The summed E-state index contributed by atoms with van der Waals surface area (Å²) in [7, 11) is 0. The predicted molar refractivity (Wildman–Crippen MR) is 148 cm³/mol. The van der Waals surface area contributed by atoms with E-state index in [1.807, 2.05) is 56.3 Å². The average molecular weight is 526 g/mol. The number of carbonyl (C=O) groups excluding carboxylic acids is 2. The SMILES string of the molecule is CCOc1ccccc1CNC(=O)c1ccc(C)nc1C1CCN(C(=O)c2nc3ccccc3[nH]c2=O)CC1. The van der Waals surface area contributed by atoms with E-state index < -0.39 is 5.56 Å². The number of pyridine rings is 1. The summed E-state index contributed by atoms with van der Waals surface area (Å²) in [5.41, 5.74) is 3.56. The van der Waals surface area contributed by atoms with E-state index in [2.05, 4.69) is 15.3 Å². The Morgan fingerprint density at radius 3 is 2.56 bits per heavy atom. The Morgan fingerprint density at radius 2 is 1.77 bits per heavy atom. The van der Waals surface area contributed by atoms with E-state index >= 15 is 0 Å². The van der Waals surface area contributed by atoms with Crippen LogP contribution in [-0.4, -0.2) is 51.4 Å². The molecule has 1 aliphatic rings. The monoisotopic (exact) mass is 525 g/mol. The molecule has 9 heteroatoms. The van der Waals surface area contributed by atoms with Crippen LogP contribution >= 0.6 is 0 Å². The number of ether oxygens (including phenoxy) is 1.